The van der Waals surface area contributed by atoms with Crippen molar-refractivity contribution < 1.29 is 5.11 Å². The Morgan fingerprint density at radius 2 is 1.85 bits per heavy atom. The molecule has 1 aromatic carbocycles. The van der Waals surface area contributed by atoms with Crippen LogP contribution in [0.3, 0.4) is 0 Å². The highest BCUT2D eigenvalue weighted by atomic mass is 35.5. The van der Waals surface area contributed by atoms with E-state index >= 15 is 0 Å². The van der Waals surface area contributed by atoms with Crippen molar-refractivity contribution in [2.24, 2.45) is 0 Å². The van der Waals surface area contributed by atoms with Gasteiger partial charge in [0.15, 0.2) is 0 Å². The van der Waals surface area contributed by atoms with Gasteiger partial charge in [-0.25, -0.2) is 4.52 Å². The molecule has 2 heterocycles. The molecule has 102 valence electrons. The quantitative estimate of drug-likeness (QED) is 0.796. The Balaban J connectivity index is 1.95. The number of pyridine rings is 1. The number of fused-ring (bicyclic) bond motifs is 1. The molecule has 3 aromatic rings. The Kier molecular flexibility index (Phi) is 3.66. The zero-order chi connectivity index (χ0) is 14.1. The first kappa shape index (κ1) is 13.4. The van der Waals surface area contributed by atoms with E-state index in [-0.39, 0.29) is 0 Å². The number of aromatic nitrogens is 2. The number of halogens is 2. The maximum absolute atomic E-state index is 10.4. The second-order valence-electron chi connectivity index (χ2n) is 4.55. The van der Waals surface area contributed by atoms with Gasteiger partial charge in [0.1, 0.15) is 0 Å². The third kappa shape index (κ3) is 2.40. The minimum absolute atomic E-state index is 0.356. The van der Waals surface area contributed by atoms with Crippen molar-refractivity contribution in [3.8, 4) is 0 Å². The third-order valence-corrected chi connectivity index (χ3v) is 3.98. The van der Waals surface area contributed by atoms with Gasteiger partial charge in [0.05, 0.1) is 17.8 Å². The molecule has 1 unspecified atom stereocenters. The highest BCUT2D eigenvalue weighted by Gasteiger charge is 2.17. The molecule has 0 saturated carbocycles. The van der Waals surface area contributed by atoms with E-state index in [2.05, 4.69) is 5.10 Å². The molecule has 0 radical (unpaired) electrons. The molecule has 0 fully saturated rings. The normalized spacial score (nSPS) is 12.8. The summed E-state index contributed by atoms with van der Waals surface area (Å²) in [5, 5.41) is 15.8. The van der Waals surface area contributed by atoms with E-state index in [1.165, 1.54) is 0 Å². The van der Waals surface area contributed by atoms with Crippen molar-refractivity contribution in [3.05, 3.63) is 70.0 Å². The number of hydrogen-bond donors (Lipinski definition) is 1. The zero-order valence-electron chi connectivity index (χ0n) is 10.5. The first-order valence-corrected chi connectivity index (χ1v) is 6.95. The van der Waals surface area contributed by atoms with Gasteiger partial charge in [-0.2, -0.15) is 5.10 Å². The highest BCUT2D eigenvalue weighted by molar-refractivity contribution is 6.36. The van der Waals surface area contributed by atoms with E-state index < -0.39 is 6.10 Å². The van der Waals surface area contributed by atoms with Gasteiger partial charge in [-0.1, -0.05) is 35.3 Å². The fourth-order valence-electron chi connectivity index (χ4n) is 2.24. The molecule has 0 spiro atoms. The lowest BCUT2D eigenvalue weighted by atomic mass is 10.0. The van der Waals surface area contributed by atoms with Gasteiger partial charge in [0.2, 0.25) is 0 Å². The smallest absolute Gasteiger partial charge is 0.0868 e. The van der Waals surface area contributed by atoms with Crippen LogP contribution in [0.4, 0.5) is 0 Å². The number of aliphatic hydroxyl groups is 1. The topological polar surface area (TPSA) is 37.5 Å². The lowest BCUT2D eigenvalue weighted by Crippen LogP contribution is -2.02. The molecular weight excluding hydrogens is 295 g/mol. The molecule has 0 bridgehead atoms. The van der Waals surface area contributed by atoms with E-state index in [1.54, 1.807) is 28.9 Å². The lowest BCUT2D eigenvalue weighted by Gasteiger charge is -2.12. The molecule has 0 aliphatic carbocycles. The second kappa shape index (κ2) is 5.44. The standard InChI is InChI=1S/C15H12Cl2N2O/c16-12-4-3-5-13(17)10(12)8-15(20)11-9-18-19-7-2-1-6-14(11)19/h1-7,9,15,20H,8H2. The first-order valence-electron chi connectivity index (χ1n) is 6.20. The van der Waals surface area contributed by atoms with Gasteiger partial charge in [0, 0.05) is 28.2 Å². The molecule has 0 aliphatic heterocycles. The van der Waals surface area contributed by atoms with Gasteiger partial charge < -0.3 is 5.11 Å². The van der Waals surface area contributed by atoms with Crippen molar-refractivity contribution in [1.82, 2.24) is 9.61 Å². The third-order valence-electron chi connectivity index (χ3n) is 3.27. The predicted octanol–water partition coefficient (Wildman–Crippen LogP) is 3.92. The molecule has 3 nitrogen and oxygen atoms in total. The van der Waals surface area contributed by atoms with E-state index in [9.17, 15) is 5.11 Å². The van der Waals surface area contributed by atoms with Crippen molar-refractivity contribution in [1.29, 1.82) is 0 Å². The number of nitrogens with zero attached hydrogens (tertiary/aromatic N) is 2. The van der Waals surface area contributed by atoms with Crippen LogP contribution in [-0.4, -0.2) is 14.7 Å². The average molecular weight is 307 g/mol. The number of hydrogen-bond acceptors (Lipinski definition) is 2. The molecule has 1 N–H and O–H groups in total. The van der Waals surface area contributed by atoms with Crippen LogP contribution in [0.25, 0.3) is 5.52 Å². The zero-order valence-corrected chi connectivity index (χ0v) is 12.0. The molecule has 0 aliphatic rings. The summed E-state index contributed by atoms with van der Waals surface area (Å²) in [5.41, 5.74) is 2.39. The van der Waals surface area contributed by atoms with Gasteiger partial charge >= 0.3 is 0 Å². The molecule has 3 rings (SSSR count). The molecule has 5 heteroatoms. The van der Waals surface area contributed by atoms with Crippen LogP contribution in [0.2, 0.25) is 10.0 Å². The van der Waals surface area contributed by atoms with Crippen molar-refractivity contribution in [2.75, 3.05) is 0 Å². The van der Waals surface area contributed by atoms with Gasteiger partial charge in [-0.3, -0.25) is 0 Å². The summed E-state index contributed by atoms with van der Waals surface area (Å²) in [6.45, 7) is 0. The number of rotatable bonds is 3. The minimum atomic E-state index is -0.702. The highest BCUT2D eigenvalue weighted by Crippen LogP contribution is 2.30. The van der Waals surface area contributed by atoms with Crippen LogP contribution in [0.1, 0.15) is 17.2 Å². The van der Waals surface area contributed by atoms with E-state index in [0.29, 0.717) is 16.5 Å². The van der Waals surface area contributed by atoms with Crippen molar-refractivity contribution in [3.63, 3.8) is 0 Å². The van der Waals surface area contributed by atoms with Crippen LogP contribution in [0.15, 0.2) is 48.8 Å². The van der Waals surface area contributed by atoms with Gasteiger partial charge in [-0.15, -0.1) is 0 Å². The van der Waals surface area contributed by atoms with Crippen LogP contribution in [0, 0.1) is 0 Å². The van der Waals surface area contributed by atoms with Gasteiger partial charge in [0.25, 0.3) is 0 Å². The summed E-state index contributed by atoms with van der Waals surface area (Å²) in [4.78, 5) is 0. The fourth-order valence-corrected chi connectivity index (χ4v) is 2.79. The fraction of sp³-hybridized carbons (Fsp3) is 0.133. The average Bonchev–Trinajstić information content (AvgIpc) is 2.87. The Bertz CT molecular complexity index is 734. The molecule has 2 aromatic heterocycles. The Morgan fingerprint density at radius 3 is 2.60 bits per heavy atom. The Morgan fingerprint density at radius 1 is 1.10 bits per heavy atom. The number of aliphatic hydroxyl groups excluding tert-OH is 1. The van der Waals surface area contributed by atoms with Crippen LogP contribution < -0.4 is 0 Å². The SMILES string of the molecule is OC(Cc1c(Cl)cccc1Cl)c1cnn2ccccc12. The van der Waals surface area contributed by atoms with E-state index in [1.807, 2.05) is 24.4 Å². The summed E-state index contributed by atoms with van der Waals surface area (Å²) in [5.74, 6) is 0. The monoisotopic (exact) mass is 306 g/mol. The molecule has 1 atom stereocenters. The summed E-state index contributed by atoms with van der Waals surface area (Å²) in [6.07, 6.45) is 3.17. The lowest BCUT2D eigenvalue weighted by molar-refractivity contribution is 0.180. The summed E-state index contributed by atoms with van der Waals surface area (Å²) in [7, 11) is 0. The molecule has 0 saturated heterocycles. The van der Waals surface area contributed by atoms with Crippen molar-refractivity contribution >= 4 is 28.7 Å². The van der Waals surface area contributed by atoms with Crippen LogP contribution in [-0.2, 0) is 6.42 Å². The summed E-state index contributed by atoms with van der Waals surface area (Å²) < 4.78 is 1.73. The Hall–Kier alpha value is -1.55. The largest absolute Gasteiger partial charge is 0.388 e. The first-order chi connectivity index (χ1) is 9.66. The maximum Gasteiger partial charge on any atom is 0.0868 e. The van der Waals surface area contributed by atoms with Gasteiger partial charge in [-0.05, 0) is 29.8 Å². The second-order valence-corrected chi connectivity index (χ2v) is 5.36. The Labute approximate surface area is 126 Å². The molecular formula is C15H12Cl2N2O. The van der Waals surface area contributed by atoms with Crippen LogP contribution >= 0.6 is 23.2 Å². The molecule has 0 amide bonds. The summed E-state index contributed by atoms with van der Waals surface area (Å²) in [6, 6.07) is 11.0. The molecule has 20 heavy (non-hydrogen) atoms. The minimum Gasteiger partial charge on any atom is -0.388 e. The maximum atomic E-state index is 10.4. The van der Waals surface area contributed by atoms with Crippen molar-refractivity contribution in [2.45, 2.75) is 12.5 Å². The predicted molar refractivity (Wildman–Crippen MR) is 80.3 cm³/mol. The summed E-state index contributed by atoms with van der Waals surface area (Å²) >= 11 is 12.3. The number of benzene rings is 1. The van der Waals surface area contributed by atoms with E-state index in [0.717, 1.165) is 16.6 Å². The van der Waals surface area contributed by atoms with E-state index in [4.69, 9.17) is 23.2 Å². The van der Waals surface area contributed by atoms with Crippen LogP contribution in [0.5, 0.6) is 0 Å².